The summed E-state index contributed by atoms with van der Waals surface area (Å²) in [5.74, 6) is -4.49. The number of carbonyl (C=O) groups excluding carboxylic acids is 4. The first-order valence-electron chi connectivity index (χ1n) is 32.9. The molecule has 0 bridgehead atoms. The minimum Gasteiger partial charge on any atom is -0.482 e. The second-order valence-corrected chi connectivity index (χ2v) is 24.8. The van der Waals surface area contributed by atoms with Gasteiger partial charge in [-0.15, -0.1) is 0 Å². The lowest BCUT2D eigenvalue weighted by molar-refractivity contribution is -0.139. The summed E-state index contributed by atoms with van der Waals surface area (Å²) >= 11 is 0. The SMILES string of the molecule is COC[C@H](C(=O)N[C@@H](CC(=O)O)c1cccc(-c2ccccc2C)c1)n1cnc2ccccc2c1=O.Cc1ccc2c(c1)N(CC(=O)N[C@@H](CC(=O)O)c1cncc(-c3c(C)cccc3C)c1)C(=O)CO2.Cc1ccccc1-c1cccc([C@H](CC(=O)O)NC(=O)Cn2ncn3cccc3c2=O)c1. The molecule has 0 saturated carbocycles. The van der Waals surface area contributed by atoms with E-state index >= 15 is 0 Å². The molecule has 6 N–H and O–H groups in total. The van der Waals surface area contributed by atoms with Gasteiger partial charge in [-0.2, -0.15) is 5.10 Å². The Kier molecular flexibility index (Phi) is 23.7. The molecule has 0 saturated heterocycles. The lowest BCUT2D eigenvalue weighted by Crippen LogP contribution is -2.46. The standard InChI is InChI=1S/C28H27N3O5.C27H27N3O5.C24H22N4O4/c1-18-8-3-4-11-21(18)19-9-7-10-20(14-19)24(15-26(32)33)30-27(34)25(16-36-2)31-17-29-23-13-6-5-12-22(23)28(31)35;1-16-7-8-23-22(9-16)30(25(32)15-35-23)14-24(31)29-21(11-26(33)34)19-10-20(13-28-12-19)27-17(2)5-4-6-18(27)3;1-16-6-2-3-9-19(16)17-7-4-8-18(12-17)20(13-23(30)31)26-22(29)14-28-24(32)21-10-5-11-27(21)15-25-28/h3-14,17,24-25H,15-16H2,1-2H3,(H,30,34)(H,32,33);4-10,12-13,21H,11,14-15H2,1-3H3,(H,29,31)(H,33,34);2-12,15,20H,13-14H2,1H3,(H,26,29)(H,30,31)/t24-,25+;21-;20-/m000/s1. The molecule has 12 rings (SSSR count). The minimum atomic E-state index is -1.06. The number of aryl methyl sites for hydroxylation is 5. The highest BCUT2D eigenvalue weighted by molar-refractivity contribution is 6.02. The van der Waals surface area contributed by atoms with Crippen LogP contribution >= 0.6 is 0 Å². The Morgan fingerprint density at radius 1 is 0.553 bits per heavy atom. The van der Waals surface area contributed by atoms with Crippen LogP contribution in [0.2, 0.25) is 0 Å². The van der Waals surface area contributed by atoms with Crippen LogP contribution in [0.25, 0.3) is 49.8 Å². The summed E-state index contributed by atoms with van der Waals surface area (Å²) in [7, 11) is 1.43. The second kappa shape index (κ2) is 33.4. The first kappa shape index (κ1) is 73.0. The fraction of sp³-hybridized carbons (Fsp3) is 0.215. The highest BCUT2D eigenvalue weighted by Crippen LogP contribution is 2.35. The molecule has 7 aromatic carbocycles. The molecule has 0 spiro atoms. The number of nitrogens with zero attached hydrogens (tertiary/aromatic N) is 7. The van der Waals surface area contributed by atoms with Crippen LogP contribution in [0, 0.1) is 34.6 Å². The van der Waals surface area contributed by atoms with E-state index in [-0.39, 0.29) is 57.0 Å². The van der Waals surface area contributed by atoms with Crippen LogP contribution in [0.1, 0.15) is 87.9 Å². The van der Waals surface area contributed by atoms with Gasteiger partial charge < -0.3 is 45.1 Å². The van der Waals surface area contributed by atoms with E-state index in [4.69, 9.17) is 9.47 Å². The molecule has 5 heterocycles. The van der Waals surface area contributed by atoms with Gasteiger partial charge in [0.15, 0.2) is 6.61 Å². The molecule has 24 nitrogen and oxygen atoms in total. The summed E-state index contributed by atoms with van der Waals surface area (Å²) in [5.41, 5.74) is 13.6. The van der Waals surface area contributed by atoms with E-state index in [1.54, 1.807) is 83.7 Å². The number of nitrogens with one attached hydrogen (secondary N) is 3. The van der Waals surface area contributed by atoms with Gasteiger partial charge in [0.2, 0.25) is 17.7 Å². The van der Waals surface area contributed by atoms with Crippen LogP contribution in [0.15, 0.2) is 217 Å². The van der Waals surface area contributed by atoms with Gasteiger partial charge in [0.25, 0.3) is 17.0 Å². The van der Waals surface area contributed by atoms with E-state index in [1.807, 2.05) is 150 Å². The van der Waals surface area contributed by atoms with Crippen molar-refractivity contribution >= 4 is 63.6 Å². The topological polar surface area (TPSA) is 325 Å². The van der Waals surface area contributed by atoms with Crippen LogP contribution in [0.3, 0.4) is 0 Å². The Balaban J connectivity index is 0.000000166. The van der Waals surface area contributed by atoms with Crippen molar-refractivity contribution in [2.24, 2.45) is 0 Å². The van der Waals surface area contributed by atoms with E-state index in [9.17, 15) is 58.5 Å². The lowest BCUT2D eigenvalue weighted by atomic mass is 9.94. The maximum absolute atomic E-state index is 13.4. The number of pyridine rings is 1. The molecular formula is C79H76N10O14. The fourth-order valence-electron chi connectivity index (χ4n) is 12.3. The molecule has 11 aromatic rings. The maximum atomic E-state index is 13.4. The smallest absolute Gasteiger partial charge is 0.305 e. The van der Waals surface area contributed by atoms with Gasteiger partial charge in [0.05, 0.1) is 66.9 Å². The van der Waals surface area contributed by atoms with Crippen LogP contribution in [0.5, 0.6) is 5.75 Å². The molecule has 1 aliphatic rings. The van der Waals surface area contributed by atoms with Crippen molar-refractivity contribution in [3.8, 4) is 39.1 Å². The van der Waals surface area contributed by atoms with Crippen molar-refractivity contribution in [1.82, 2.24) is 44.7 Å². The Bertz CT molecular complexity index is 5100. The van der Waals surface area contributed by atoms with E-state index in [0.29, 0.717) is 44.5 Å². The quantitative estimate of drug-likeness (QED) is 0.0347. The number of para-hydroxylation sites is 1. The average Bonchev–Trinajstić information content (AvgIpc) is 1.17. The summed E-state index contributed by atoms with van der Waals surface area (Å²) < 4.78 is 14.6. The van der Waals surface area contributed by atoms with Crippen molar-refractivity contribution in [3.63, 3.8) is 0 Å². The number of carbonyl (C=O) groups is 7. The molecule has 103 heavy (non-hydrogen) atoms. The number of ether oxygens (including phenoxy) is 2. The molecule has 4 aromatic heterocycles. The monoisotopic (exact) mass is 1390 g/mol. The number of aliphatic carboxylic acids is 3. The van der Waals surface area contributed by atoms with E-state index in [1.165, 1.54) is 29.2 Å². The van der Waals surface area contributed by atoms with Crippen molar-refractivity contribution in [1.29, 1.82) is 0 Å². The Morgan fingerprint density at radius 2 is 1.11 bits per heavy atom. The molecule has 0 aliphatic carbocycles. The number of fused-ring (bicyclic) bond motifs is 3. The first-order valence-corrected chi connectivity index (χ1v) is 32.9. The predicted molar refractivity (Wildman–Crippen MR) is 387 cm³/mol. The van der Waals surface area contributed by atoms with E-state index in [0.717, 1.165) is 65.9 Å². The molecule has 1 aliphatic heterocycles. The zero-order valence-electron chi connectivity index (χ0n) is 57.4. The second-order valence-electron chi connectivity index (χ2n) is 24.8. The predicted octanol–water partition coefficient (Wildman–Crippen LogP) is 10.4. The highest BCUT2D eigenvalue weighted by atomic mass is 16.5. The van der Waals surface area contributed by atoms with Crippen LogP contribution in [0.4, 0.5) is 5.69 Å². The number of benzene rings is 7. The van der Waals surface area contributed by atoms with Crippen LogP contribution < -0.4 is 36.7 Å². The Morgan fingerprint density at radius 3 is 1.72 bits per heavy atom. The number of aromatic nitrogens is 6. The third kappa shape index (κ3) is 18.2. The largest absolute Gasteiger partial charge is 0.482 e. The van der Waals surface area contributed by atoms with Gasteiger partial charge in [-0.05, 0) is 162 Å². The van der Waals surface area contributed by atoms with Gasteiger partial charge in [-0.1, -0.05) is 121 Å². The third-order valence-corrected chi connectivity index (χ3v) is 17.4. The number of anilines is 1. The summed E-state index contributed by atoms with van der Waals surface area (Å²) in [5, 5.41) is 41.2. The van der Waals surface area contributed by atoms with Gasteiger partial charge in [0, 0.05) is 31.3 Å². The van der Waals surface area contributed by atoms with E-state index in [2.05, 4.69) is 31.0 Å². The van der Waals surface area contributed by atoms with Gasteiger partial charge in [0.1, 0.15) is 36.7 Å². The van der Waals surface area contributed by atoms with Gasteiger partial charge in [-0.3, -0.25) is 57.6 Å². The number of rotatable bonds is 23. The summed E-state index contributed by atoms with van der Waals surface area (Å²) in [6.07, 6.45) is 6.81. The van der Waals surface area contributed by atoms with Crippen molar-refractivity contribution in [2.75, 3.05) is 31.8 Å². The zero-order valence-corrected chi connectivity index (χ0v) is 57.4. The summed E-state index contributed by atoms with van der Waals surface area (Å²) in [6.45, 7) is 9.09. The molecule has 4 amide bonds. The van der Waals surface area contributed by atoms with Crippen molar-refractivity contribution in [3.05, 3.63) is 272 Å². The summed E-state index contributed by atoms with van der Waals surface area (Å²) in [4.78, 5) is 122. The van der Waals surface area contributed by atoms with Crippen molar-refractivity contribution in [2.45, 2.75) is 84.6 Å². The zero-order chi connectivity index (χ0) is 73.4. The minimum absolute atomic E-state index is 0.0885. The average molecular weight is 1390 g/mol. The molecule has 4 atom stereocenters. The molecule has 0 fully saturated rings. The molecule has 0 unspecified atom stereocenters. The Labute approximate surface area is 591 Å². The number of carboxylic acid groups (broad SMARTS) is 3. The molecular weight excluding hydrogens is 1310 g/mol. The number of amides is 4. The van der Waals surface area contributed by atoms with Crippen LogP contribution in [-0.4, -0.2) is 112 Å². The fourth-order valence-corrected chi connectivity index (χ4v) is 12.3. The van der Waals surface area contributed by atoms with Gasteiger partial charge >= 0.3 is 17.9 Å². The maximum Gasteiger partial charge on any atom is 0.305 e. The summed E-state index contributed by atoms with van der Waals surface area (Å²) in [6, 6.07) is 50.8. The number of hydrogen-bond donors (Lipinski definition) is 6. The van der Waals surface area contributed by atoms with E-state index < -0.39 is 65.4 Å². The third-order valence-electron chi connectivity index (χ3n) is 17.4. The Hall–Kier alpha value is -12.7. The molecule has 526 valence electrons. The first-order chi connectivity index (χ1) is 49.5. The van der Waals surface area contributed by atoms with Crippen molar-refractivity contribution < 1.29 is 58.4 Å². The molecule has 24 heteroatoms. The molecule has 0 radical (unpaired) electrons. The van der Waals surface area contributed by atoms with Crippen LogP contribution in [-0.2, 0) is 44.8 Å². The number of hydrogen-bond acceptors (Lipinski definition) is 14. The lowest BCUT2D eigenvalue weighted by Gasteiger charge is -2.29. The van der Waals surface area contributed by atoms with Gasteiger partial charge in [-0.25, -0.2) is 9.67 Å². The normalized spacial score (nSPS) is 12.8. The number of methoxy groups -OCH3 is 1. The highest BCUT2D eigenvalue weighted by Gasteiger charge is 2.31. The number of carboxylic acids is 3.